The van der Waals surface area contributed by atoms with Gasteiger partial charge in [-0.3, -0.25) is 4.99 Å². The molecular weight excluding hydrogens is 403 g/mol. The molecule has 1 atom stereocenters. The Morgan fingerprint density at radius 2 is 2.18 bits per heavy atom. The van der Waals surface area contributed by atoms with Gasteiger partial charge in [-0.25, -0.2) is 9.78 Å². The maximum Gasteiger partial charge on any atom is 0.329 e. The van der Waals surface area contributed by atoms with Crippen molar-refractivity contribution in [2.45, 2.75) is 18.9 Å². The van der Waals surface area contributed by atoms with Crippen molar-refractivity contribution < 1.29 is 14.6 Å². The second-order valence-corrected chi connectivity index (χ2v) is 7.66. The number of carbonyl (C=O) groups is 1. The highest BCUT2D eigenvalue weighted by molar-refractivity contribution is 6.45. The van der Waals surface area contributed by atoms with E-state index >= 15 is 0 Å². The highest BCUT2D eigenvalue weighted by atomic mass is 35.5. The summed E-state index contributed by atoms with van der Waals surface area (Å²) in [5.74, 6) is -0.182. The maximum atomic E-state index is 10.7. The molecule has 7 nitrogen and oxygen atoms in total. The van der Waals surface area contributed by atoms with E-state index < -0.39 is 5.97 Å². The largest absolute Gasteiger partial charge is 0.480 e. The number of rotatable bonds is 6. The average Bonchev–Trinajstić information content (AvgIpc) is 3.36. The Hall–Kier alpha value is -2.09. The van der Waals surface area contributed by atoms with Crippen LogP contribution >= 0.6 is 23.2 Å². The van der Waals surface area contributed by atoms with Gasteiger partial charge >= 0.3 is 5.97 Å². The van der Waals surface area contributed by atoms with Crippen LogP contribution in [0.4, 0.5) is 11.5 Å². The van der Waals surface area contributed by atoms with Gasteiger partial charge in [-0.1, -0.05) is 23.2 Å². The van der Waals surface area contributed by atoms with Crippen molar-refractivity contribution in [3.63, 3.8) is 0 Å². The number of hydrogen-bond donors (Lipinski definition) is 1. The lowest BCUT2D eigenvalue weighted by molar-refractivity contribution is -0.142. The van der Waals surface area contributed by atoms with Crippen LogP contribution in [-0.4, -0.2) is 61.3 Å². The third kappa shape index (κ3) is 3.74. The Morgan fingerprint density at radius 3 is 2.93 bits per heavy atom. The van der Waals surface area contributed by atoms with Crippen LogP contribution in [0, 0.1) is 0 Å². The Balaban J connectivity index is 1.73. The fourth-order valence-corrected chi connectivity index (χ4v) is 4.10. The van der Waals surface area contributed by atoms with Crippen LogP contribution in [0.3, 0.4) is 0 Å². The van der Waals surface area contributed by atoms with Gasteiger partial charge in [-0.05, 0) is 25.0 Å². The molecule has 2 aliphatic rings. The van der Waals surface area contributed by atoms with Crippen molar-refractivity contribution in [2.24, 2.45) is 4.99 Å². The smallest absolute Gasteiger partial charge is 0.329 e. The monoisotopic (exact) mass is 422 g/mol. The van der Waals surface area contributed by atoms with Gasteiger partial charge in [0.15, 0.2) is 0 Å². The van der Waals surface area contributed by atoms with E-state index in [1.807, 2.05) is 18.5 Å². The summed E-state index contributed by atoms with van der Waals surface area (Å²) >= 11 is 12.7. The van der Waals surface area contributed by atoms with Crippen molar-refractivity contribution in [3.05, 3.63) is 28.2 Å². The molecule has 28 heavy (non-hydrogen) atoms. The van der Waals surface area contributed by atoms with Crippen LogP contribution in [0.15, 0.2) is 23.2 Å². The van der Waals surface area contributed by atoms with Gasteiger partial charge in [0, 0.05) is 24.5 Å². The van der Waals surface area contributed by atoms with Crippen molar-refractivity contribution in [1.29, 1.82) is 0 Å². The minimum Gasteiger partial charge on any atom is -0.480 e. The number of halogens is 2. The first-order valence-electron chi connectivity index (χ1n) is 9.16. The molecule has 0 saturated carbocycles. The molecule has 0 aliphatic carbocycles. The van der Waals surface area contributed by atoms with Gasteiger partial charge in [-0.15, -0.1) is 0 Å². The zero-order valence-electron chi connectivity index (χ0n) is 15.1. The number of pyridine rings is 1. The Labute approximate surface area is 172 Å². The lowest BCUT2D eigenvalue weighted by atomic mass is 10.1. The number of anilines is 2. The fourth-order valence-electron chi connectivity index (χ4n) is 3.74. The van der Waals surface area contributed by atoms with Crippen molar-refractivity contribution in [1.82, 2.24) is 4.98 Å². The number of aromatic nitrogens is 1. The molecule has 1 N–H and O–H groups in total. The minimum absolute atomic E-state index is 0.0716. The molecule has 0 bridgehead atoms. The lowest BCUT2D eigenvalue weighted by Gasteiger charge is -2.27. The number of aliphatic carboxylic acids is 1. The fraction of sp³-hybridized carbons (Fsp3) is 0.421. The second-order valence-electron chi connectivity index (χ2n) is 6.87. The number of aliphatic imine (C=N–C) groups is 1. The Bertz CT molecular complexity index is 937. The van der Waals surface area contributed by atoms with Crippen LogP contribution in [0.1, 0.15) is 12.8 Å². The van der Waals surface area contributed by atoms with E-state index in [2.05, 4.69) is 14.8 Å². The summed E-state index contributed by atoms with van der Waals surface area (Å²) in [6.45, 7) is 2.41. The Kier molecular flexibility index (Phi) is 5.57. The third-order valence-electron chi connectivity index (χ3n) is 5.04. The molecule has 0 radical (unpaired) electrons. The molecule has 1 fully saturated rings. The maximum absolute atomic E-state index is 10.7. The molecule has 0 spiro atoms. The van der Waals surface area contributed by atoms with Gasteiger partial charge < -0.3 is 19.6 Å². The molecule has 0 amide bonds. The number of carboxylic acid groups (broad SMARTS) is 1. The van der Waals surface area contributed by atoms with E-state index in [0.717, 1.165) is 49.4 Å². The standard InChI is InChI=1S/C19H20Cl2N4O3/c20-14-4-3-13-15(24-7-5-22-11-24)8-16(23-19(13)18(14)21)25-6-1-2-12(25)9-28-10-17(26)27/h3-4,8,11-12H,1-2,5-7,9-10H2,(H,26,27)/t12-/m0/s1. The van der Waals surface area contributed by atoms with E-state index in [1.165, 1.54) is 0 Å². The van der Waals surface area contributed by atoms with Gasteiger partial charge in [0.2, 0.25) is 0 Å². The number of ether oxygens (including phenoxy) is 1. The van der Waals surface area contributed by atoms with E-state index in [-0.39, 0.29) is 12.6 Å². The van der Waals surface area contributed by atoms with Crippen LogP contribution in [-0.2, 0) is 9.53 Å². The number of benzene rings is 1. The molecule has 1 saturated heterocycles. The van der Waals surface area contributed by atoms with E-state index in [9.17, 15) is 4.79 Å². The second kappa shape index (κ2) is 8.11. The predicted octanol–water partition coefficient (Wildman–Crippen LogP) is 3.46. The number of carboxylic acids is 1. The molecule has 1 aromatic heterocycles. The number of fused-ring (bicyclic) bond motifs is 1. The number of nitrogens with zero attached hydrogens (tertiary/aromatic N) is 4. The molecular formula is C19H20Cl2N4O3. The van der Waals surface area contributed by atoms with E-state index in [1.54, 1.807) is 6.07 Å². The van der Waals surface area contributed by atoms with Gasteiger partial charge in [0.05, 0.1) is 46.8 Å². The number of hydrogen-bond acceptors (Lipinski definition) is 6. The van der Waals surface area contributed by atoms with Gasteiger partial charge in [0.25, 0.3) is 0 Å². The summed E-state index contributed by atoms with van der Waals surface area (Å²) in [6, 6.07) is 5.82. The van der Waals surface area contributed by atoms with Gasteiger partial charge in [-0.2, -0.15) is 0 Å². The summed E-state index contributed by atoms with van der Waals surface area (Å²) in [7, 11) is 0. The van der Waals surface area contributed by atoms with Crippen LogP contribution in [0.25, 0.3) is 10.9 Å². The topological polar surface area (TPSA) is 78.3 Å². The summed E-state index contributed by atoms with van der Waals surface area (Å²) in [6.07, 6.45) is 3.74. The molecule has 148 valence electrons. The van der Waals surface area contributed by atoms with Crippen molar-refractivity contribution in [3.8, 4) is 0 Å². The SMILES string of the molecule is O=C(O)COC[C@@H]1CCCN1c1cc(N2C=NCC2)c2ccc(Cl)c(Cl)c2n1. The first-order chi connectivity index (χ1) is 13.5. The third-order valence-corrected chi connectivity index (χ3v) is 5.84. The van der Waals surface area contributed by atoms with E-state index in [4.69, 9.17) is 38.0 Å². The molecule has 2 aliphatic heterocycles. The summed E-state index contributed by atoms with van der Waals surface area (Å²) in [5.41, 5.74) is 1.64. The van der Waals surface area contributed by atoms with Gasteiger partial charge in [0.1, 0.15) is 12.4 Å². The first-order valence-corrected chi connectivity index (χ1v) is 9.91. The van der Waals surface area contributed by atoms with Crippen molar-refractivity contribution in [2.75, 3.05) is 42.6 Å². The normalized spacial score (nSPS) is 19.1. The molecule has 4 rings (SSSR count). The highest BCUT2D eigenvalue weighted by Crippen LogP contribution is 2.38. The molecule has 0 unspecified atom stereocenters. The summed E-state index contributed by atoms with van der Waals surface area (Å²) in [5, 5.41) is 10.6. The first kappa shape index (κ1) is 19.2. The highest BCUT2D eigenvalue weighted by Gasteiger charge is 2.28. The average molecular weight is 423 g/mol. The van der Waals surface area contributed by atoms with Crippen LogP contribution in [0.2, 0.25) is 10.0 Å². The summed E-state index contributed by atoms with van der Waals surface area (Å²) in [4.78, 5) is 24.1. The lowest BCUT2D eigenvalue weighted by Crippen LogP contribution is -2.34. The molecule has 3 heterocycles. The van der Waals surface area contributed by atoms with E-state index in [0.29, 0.717) is 22.2 Å². The predicted molar refractivity (Wildman–Crippen MR) is 111 cm³/mol. The van der Waals surface area contributed by atoms with Crippen LogP contribution in [0.5, 0.6) is 0 Å². The molecule has 1 aromatic carbocycles. The molecule has 2 aromatic rings. The zero-order chi connectivity index (χ0) is 19.7. The Morgan fingerprint density at radius 1 is 1.32 bits per heavy atom. The zero-order valence-corrected chi connectivity index (χ0v) is 16.7. The quantitative estimate of drug-likeness (QED) is 0.767. The summed E-state index contributed by atoms with van der Waals surface area (Å²) < 4.78 is 5.34. The minimum atomic E-state index is -0.967. The molecule has 9 heteroatoms. The van der Waals surface area contributed by atoms with Crippen molar-refractivity contribution >= 4 is 57.9 Å². The van der Waals surface area contributed by atoms with Crippen LogP contribution < -0.4 is 9.80 Å².